The number of hydrogen-bond donors (Lipinski definition) is 2. The van der Waals surface area contributed by atoms with Gasteiger partial charge in [0.15, 0.2) is 11.6 Å². The Hall–Kier alpha value is -1.20. The average molecular weight is 284 g/mol. The van der Waals surface area contributed by atoms with Crippen LogP contribution in [0, 0.1) is 17.0 Å². The summed E-state index contributed by atoms with van der Waals surface area (Å²) >= 11 is 0. The summed E-state index contributed by atoms with van der Waals surface area (Å²) in [6.07, 6.45) is 0. The molecule has 2 rings (SSSR count). The number of halogens is 2. The van der Waals surface area contributed by atoms with Crippen molar-refractivity contribution in [3.8, 4) is 5.75 Å². The van der Waals surface area contributed by atoms with E-state index in [9.17, 15) is 13.9 Å². The summed E-state index contributed by atoms with van der Waals surface area (Å²) in [5.41, 5.74) is 0.261. The van der Waals surface area contributed by atoms with Crippen molar-refractivity contribution in [1.29, 1.82) is 0 Å². The van der Waals surface area contributed by atoms with Crippen molar-refractivity contribution in [3.05, 3.63) is 29.3 Å². The molecule has 0 amide bonds. The van der Waals surface area contributed by atoms with E-state index in [2.05, 4.69) is 10.2 Å². The van der Waals surface area contributed by atoms with Crippen LogP contribution in [0.5, 0.6) is 5.75 Å². The van der Waals surface area contributed by atoms with Crippen LogP contribution in [0.15, 0.2) is 12.1 Å². The van der Waals surface area contributed by atoms with E-state index in [1.807, 2.05) is 20.8 Å². The average Bonchev–Trinajstić information content (AvgIpc) is 2.39. The molecule has 1 fully saturated rings. The molecule has 0 unspecified atom stereocenters. The van der Waals surface area contributed by atoms with Crippen LogP contribution >= 0.6 is 0 Å². The molecule has 1 aliphatic heterocycles. The molecule has 1 atom stereocenters. The lowest BCUT2D eigenvalue weighted by Crippen LogP contribution is -2.48. The standard InChI is InChI=1S/C15H22F2N2O/c1-15(2,3)14(19-8-6-18-7-9-19)10-4-5-11(16)12(17)13(10)20/h4-5,14,18,20H,6-9H2,1-3H3/t14-/m1/s1. The Labute approximate surface area is 118 Å². The fourth-order valence-corrected chi connectivity index (χ4v) is 2.93. The Kier molecular flexibility index (Phi) is 4.30. The van der Waals surface area contributed by atoms with E-state index in [1.165, 1.54) is 6.07 Å². The van der Waals surface area contributed by atoms with Gasteiger partial charge in [0.25, 0.3) is 0 Å². The van der Waals surface area contributed by atoms with Gasteiger partial charge in [-0.3, -0.25) is 4.90 Å². The predicted octanol–water partition coefficient (Wildman–Crippen LogP) is 2.66. The van der Waals surface area contributed by atoms with E-state index < -0.39 is 17.4 Å². The Bertz CT molecular complexity index is 479. The first kappa shape index (κ1) is 15.2. The Morgan fingerprint density at radius 3 is 2.35 bits per heavy atom. The van der Waals surface area contributed by atoms with Gasteiger partial charge in [0.05, 0.1) is 0 Å². The number of aromatic hydroxyl groups is 1. The molecule has 1 aliphatic rings. The number of rotatable bonds is 2. The van der Waals surface area contributed by atoms with Crippen molar-refractivity contribution in [2.75, 3.05) is 26.2 Å². The molecular weight excluding hydrogens is 262 g/mol. The molecule has 112 valence electrons. The van der Waals surface area contributed by atoms with Crippen LogP contribution in [-0.2, 0) is 0 Å². The normalized spacial score (nSPS) is 19.1. The summed E-state index contributed by atoms with van der Waals surface area (Å²) in [5.74, 6) is -2.74. The van der Waals surface area contributed by atoms with E-state index in [0.29, 0.717) is 5.56 Å². The predicted molar refractivity (Wildman–Crippen MR) is 74.7 cm³/mol. The minimum Gasteiger partial charge on any atom is -0.505 e. The Morgan fingerprint density at radius 2 is 1.80 bits per heavy atom. The first-order valence-corrected chi connectivity index (χ1v) is 6.94. The number of nitrogens with one attached hydrogen (secondary N) is 1. The molecule has 0 saturated carbocycles. The highest BCUT2D eigenvalue weighted by atomic mass is 19.2. The van der Waals surface area contributed by atoms with E-state index >= 15 is 0 Å². The summed E-state index contributed by atoms with van der Waals surface area (Å²) in [7, 11) is 0. The van der Waals surface area contributed by atoms with Gasteiger partial charge in [-0.05, 0) is 11.5 Å². The summed E-state index contributed by atoms with van der Waals surface area (Å²) in [6, 6.07) is 2.43. The topological polar surface area (TPSA) is 35.5 Å². The first-order valence-electron chi connectivity index (χ1n) is 6.94. The molecule has 1 heterocycles. The monoisotopic (exact) mass is 284 g/mol. The fraction of sp³-hybridized carbons (Fsp3) is 0.600. The van der Waals surface area contributed by atoms with Crippen molar-refractivity contribution in [2.45, 2.75) is 26.8 Å². The third-order valence-corrected chi connectivity index (χ3v) is 3.73. The van der Waals surface area contributed by atoms with Gasteiger partial charge < -0.3 is 10.4 Å². The lowest BCUT2D eigenvalue weighted by Gasteiger charge is -2.42. The highest BCUT2D eigenvalue weighted by Crippen LogP contribution is 2.42. The van der Waals surface area contributed by atoms with Crippen LogP contribution in [0.2, 0.25) is 0 Å². The van der Waals surface area contributed by atoms with E-state index in [-0.39, 0.29) is 11.5 Å². The van der Waals surface area contributed by atoms with Gasteiger partial charge >= 0.3 is 0 Å². The minimum absolute atomic E-state index is 0.153. The van der Waals surface area contributed by atoms with Gasteiger partial charge in [0, 0.05) is 37.8 Å². The molecule has 0 spiro atoms. The zero-order valence-electron chi connectivity index (χ0n) is 12.2. The summed E-state index contributed by atoms with van der Waals surface area (Å²) in [6.45, 7) is 9.48. The SMILES string of the molecule is CC(C)(C)[C@@H](c1ccc(F)c(F)c1O)N1CCNCC1. The largest absolute Gasteiger partial charge is 0.505 e. The lowest BCUT2D eigenvalue weighted by atomic mass is 9.80. The molecule has 0 radical (unpaired) electrons. The van der Waals surface area contributed by atoms with E-state index in [4.69, 9.17) is 0 Å². The molecule has 0 aromatic heterocycles. The van der Waals surface area contributed by atoms with E-state index in [0.717, 1.165) is 32.2 Å². The number of phenolic OH excluding ortho intramolecular Hbond substituents is 1. The zero-order chi connectivity index (χ0) is 14.9. The molecule has 0 aliphatic carbocycles. The summed E-state index contributed by atoms with van der Waals surface area (Å²) in [5, 5.41) is 13.3. The highest BCUT2D eigenvalue weighted by molar-refractivity contribution is 5.38. The Morgan fingerprint density at radius 1 is 1.20 bits per heavy atom. The third kappa shape index (κ3) is 2.94. The number of hydrogen-bond acceptors (Lipinski definition) is 3. The Balaban J connectivity index is 2.44. The van der Waals surface area contributed by atoms with Crippen molar-refractivity contribution >= 4 is 0 Å². The molecule has 20 heavy (non-hydrogen) atoms. The molecule has 5 heteroatoms. The van der Waals surface area contributed by atoms with Crippen LogP contribution in [0.4, 0.5) is 8.78 Å². The van der Waals surface area contributed by atoms with Gasteiger partial charge in [-0.1, -0.05) is 26.8 Å². The maximum absolute atomic E-state index is 13.7. The van der Waals surface area contributed by atoms with Crippen molar-refractivity contribution < 1.29 is 13.9 Å². The van der Waals surface area contributed by atoms with Crippen molar-refractivity contribution in [1.82, 2.24) is 10.2 Å². The molecule has 0 bridgehead atoms. The van der Waals surface area contributed by atoms with E-state index in [1.54, 1.807) is 0 Å². The second-order valence-electron chi connectivity index (χ2n) is 6.35. The molecule has 2 N–H and O–H groups in total. The lowest BCUT2D eigenvalue weighted by molar-refractivity contribution is 0.0836. The summed E-state index contributed by atoms with van der Waals surface area (Å²) in [4.78, 5) is 2.21. The fourth-order valence-electron chi connectivity index (χ4n) is 2.93. The maximum atomic E-state index is 13.7. The van der Waals surface area contributed by atoms with Gasteiger partial charge in [0.2, 0.25) is 5.82 Å². The van der Waals surface area contributed by atoms with Crippen LogP contribution in [0.25, 0.3) is 0 Å². The van der Waals surface area contributed by atoms with Crippen LogP contribution in [0.3, 0.4) is 0 Å². The van der Waals surface area contributed by atoms with Gasteiger partial charge in [-0.25, -0.2) is 4.39 Å². The van der Waals surface area contributed by atoms with Crippen molar-refractivity contribution in [3.63, 3.8) is 0 Å². The second kappa shape index (κ2) is 5.66. The number of piperazine rings is 1. The molecular formula is C15H22F2N2O. The molecule has 1 aromatic rings. The highest BCUT2D eigenvalue weighted by Gasteiger charge is 2.35. The molecule has 3 nitrogen and oxygen atoms in total. The van der Waals surface area contributed by atoms with Gasteiger partial charge in [-0.15, -0.1) is 0 Å². The quantitative estimate of drug-likeness (QED) is 0.876. The first-order chi connectivity index (χ1) is 9.32. The van der Waals surface area contributed by atoms with Crippen LogP contribution in [0.1, 0.15) is 32.4 Å². The van der Waals surface area contributed by atoms with Crippen LogP contribution in [-0.4, -0.2) is 36.2 Å². The minimum atomic E-state index is -1.16. The third-order valence-electron chi connectivity index (χ3n) is 3.73. The van der Waals surface area contributed by atoms with Crippen molar-refractivity contribution in [2.24, 2.45) is 5.41 Å². The molecule has 1 aromatic carbocycles. The number of benzene rings is 1. The van der Waals surface area contributed by atoms with Gasteiger partial charge in [0.1, 0.15) is 0 Å². The molecule has 1 saturated heterocycles. The van der Waals surface area contributed by atoms with Gasteiger partial charge in [-0.2, -0.15) is 4.39 Å². The van der Waals surface area contributed by atoms with Crippen LogP contribution < -0.4 is 5.32 Å². The number of phenols is 1. The number of nitrogens with zero attached hydrogens (tertiary/aromatic N) is 1. The zero-order valence-corrected chi connectivity index (χ0v) is 12.2. The smallest absolute Gasteiger partial charge is 0.200 e. The summed E-state index contributed by atoms with van der Waals surface area (Å²) < 4.78 is 26.9. The second-order valence-corrected chi connectivity index (χ2v) is 6.35. The maximum Gasteiger partial charge on any atom is 0.200 e.